The Balaban J connectivity index is -0.000000454. The third-order valence-electron chi connectivity index (χ3n) is 4.45. The first-order valence-electron chi connectivity index (χ1n) is 10.3. The van der Waals surface area contributed by atoms with Gasteiger partial charge in [-0.25, -0.2) is 0 Å². The Labute approximate surface area is 205 Å². The van der Waals surface area contributed by atoms with Crippen molar-refractivity contribution in [3.63, 3.8) is 0 Å². The monoisotopic (exact) mass is 544 g/mol. The highest BCUT2D eigenvalue weighted by Gasteiger charge is 2.31. The van der Waals surface area contributed by atoms with Crippen molar-refractivity contribution in [3.8, 4) is 0 Å². The first kappa shape index (κ1) is 39.5. The van der Waals surface area contributed by atoms with E-state index in [0.717, 1.165) is 0 Å². The molecule has 12 atom stereocenters. The molecular formula is C18H40O18. The van der Waals surface area contributed by atoms with Gasteiger partial charge in [0.2, 0.25) is 0 Å². The summed E-state index contributed by atoms with van der Waals surface area (Å²) in [5, 5.41) is 148. The fraction of sp³-hybridized carbons (Fsp3) is 0.944. The van der Waals surface area contributed by atoms with E-state index in [1.165, 1.54) is 0 Å². The zero-order chi connectivity index (χ0) is 29.2. The van der Waals surface area contributed by atoms with E-state index in [-0.39, 0.29) is 6.29 Å². The zero-order valence-corrected chi connectivity index (χ0v) is 19.1. The van der Waals surface area contributed by atoms with Gasteiger partial charge in [-0.05, 0) is 0 Å². The lowest BCUT2D eigenvalue weighted by Gasteiger charge is -2.24. The molecule has 0 fully saturated rings. The largest absolute Gasteiger partial charge is 0.394 e. The molecule has 0 aliphatic carbocycles. The minimum Gasteiger partial charge on any atom is -0.394 e. The van der Waals surface area contributed by atoms with E-state index in [1.54, 1.807) is 0 Å². The summed E-state index contributed by atoms with van der Waals surface area (Å²) in [6.45, 7) is -3.66. The van der Waals surface area contributed by atoms with E-state index in [4.69, 9.17) is 86.8 Å². The molecule has 0 aromatic rings. The molecule has 17 N–H and O–H groups in total. The van der Waals surface area contributed by atoms with Crippen LogP contribution in [0, 0.1) is 0 Å². The normalized spacial score (nSPS) is 21.4. The van der Waals surface area contributed by atoms with Crippen LogP contribution in [0.1, 0.15) is 0 Å². The van der Waals surface area contributed by atoms with Crippen LogP contribution in [-0.2, 0) is 4.79 Å². The lowest BCUT2D eigenvalue weighted by Crippen LogP contribution is -2.46. The summed E-state index contributed by atoms with van der Waals surface area (Å²) in [5.74, 6) is 0. The summed E-state index contributed by atoms with van der Waals surface area (Å²) in [6.07, 6.45) is -19.6. The SMILES string of the molecule is O=C[C@H](O)[C@@H](O)[C@H](O)[C@H](O)CO.OC[C@@H](O)[C@@H](O)[C@H](O)[C@@H](O)CO.OC[C@@H](O)[C@@H](O)[C@H](O)[C@H](O)CO. The Kier molecular flexibility index (Phi) is 24.2. The molecule has 0 aromatic heterocycles. The quantitative estimate of drug-likeness (QED) is 0.0850. The van der Waals surface area contributed by atoms with Gasteiger partial charge in [0, 0.05) is 0 Å². The standard InChI is InChI=1S/2C6H14O6.C6H12O6/c3*7-1-3(9)5(11)6(12)4(10)2-8/h2*3-12H,1-2H2;1,3-6,8-12H,2H2/t3-,4+,5-,6-;3-,4-,5-,6-;3-,4+,5+,6+/m110/s1. The van der Waals surface area contributed by atoms with Crippen molar-refractivity contribution in [1.29, 1.82) is 0 Å². The molecule has 0 aliphatic rings. The molecule has 0 bridgehead atoms. The van der Waals surface area contributed by atoms with Crippen molar-refractivity contribution in [2.24, 2.45) is 0 Å². The van der Waals surface area contributed by atoms with Gasteiger partial charge in [-0.15, -0.1) is 0 Å². The van der Waals surface area contributed by atoms with Crippen molar-refractivity contribution in [2.75, 3.05) is 33.0 Å². The van der Waals surface area contributed by atoms with Crippen LogP contribution in [0.25, 0.3) is 0 Å². The summed E-state index contributed by atoms with van der Waals surface area (Å²) in [7, 11) is 0. The van der Waals surface area contributed by atoms with Crippen LogP contribution in [0.15, 0.2) is 0 Å². The molecule has 0 saturated heterocycles. The number of rotatable bonds is 15. The molecule has 0 radical (unpaired) electrons. The molecule has 0 spiro atoms. The predicted molar refractivity (Wildman–Crippen MR) is 114 cm³/mol. The molecule has 0 aliphatic heterocycles. The minimum absolute atomic E-state index is 0.0258. The molecular weight excluding hydrogens is 504 g/mol. The molecule has 0 amide bonds. The number of hydrogen-bond acceptors (Lipinski definition) is 18. The predicted octanol–water partition coefficient (Wildman–Crippen LogP) is -10.5. The Bertz CT molecular complexity index is 458. The molecule has 18 nitrogen and oxygen atoms in total. The maximum atomic E-state index is 9.90. The van der Waals surface area contributed by atoms with Crippen molar-refractivity contribution in [3.05, 3.63) is 0 Å². The van der Waals surface area contributed by atoms with Gasteiger partial charge in [-0.2, -0.15) is 0 Å². The average Bonchev–Trinajstić information content (AvgIpc) is 2.92. The first-order chi connectivity index (χ1) is 16.6. The van der Waals surface area contributed by atoms with Gasteiger partial charge in [0.25, 0.3) is 0 Å². The van der Waals surface area contributed by atoms with Gasteiger partial charge < -0.3 is 91.6 Å². The lowest BCUT2D eigenvalue weighted by molar-refractivity contribution is -0.136. The van der Waals surface area contributed by atoms with E-state index in [0.29, 0.717) is 0 Å². The molecule has 0 heterocycles. The fourth-order valence-electron chi connectivity index (χ4n) is 1.96. The molecule has 0 unspecified atom stereocenters. The van der Waals surface area contributed by atoms with E-state index in [1.807, 2.05) is 0 Å². The third kappa shape index (κ3) is 15.3. The highest BCUT2D eigenvalue weighted by atomic mass is 16.4. The van der Waals surface area contributed by atoms with Crippen LogP contribution in [0.4, 0.5) is 0 Å². The van der Waals surface area contributed by atoms with Gasteiger partial charge in [-0.1, -0.05) is 0 Å². The molecule has 18 heteroatoms. The van der Waals surface area contributed by atoms with Crippen LogP contribution < -0.4 is 0 Å². The van der Waals surface area contributed by atoms with E-state index in [2.05, 4.69) is 0 Å². The maximum absolute atomic E-state index is 9.90. The summed E-state index contributed by atoms with van der Waals surface area (Å²) in [4.78, 5) is 9.90. The summed E-state index contributed by atoms with van der Waals surface area (Å²) >= 11 is 0. The number of hydrogen-bond donors (Lipinski definition) is 17. The Morgan fingerprint density at radius 1 is 0.361 bits per heavy atom. The van der Waals surface area contributed by atoms with Crippen LogP contribution in [0.5, 0.6) is 0 Å². The number of aldehydes is 1. The van der Waals surface area contributed by atoms with Crippen LogP contribution in [0.2, 0.25) is 0 Å². The minimum atomic E-state index is -1.79. The van der Waals surface area contributed by atoms with Crippen molar-refractivity contribution < 1.29 is 91.6 Å². The summed E-state index contributed by atoms with van der Waals surface area (Å²) < 4.78 is 0. The van der Waals surface area contributed by atoms with E-state index < -0.39 is 106 Å². The highest BCUT2D eigenvalue weighted by molar-refractivity contribution is 5.56. The topological polar surface area (TPSA) is 361 Å². The smallest absolute Gasteiger partial charge is 0.151 e. The fourth-order valence-corrected chi connectivity index (χ4v) is 1.96. The molecule has 36 heavy (non-hydrogen) atoms. The van der Waals surface area contributed by atoms with Crippen LogP contribution in [0.3, 0.4) is 0 Å². The second-order valence-corrected chi connectivity index (χ2v) is 7.32. The van der Waals surface area contributed by atoms with Crippen LogP contribution >= 0.6 is 0 Å². The molecule has 0 aromatic carbocycles. The van der Waals surface area contributed by atoms with E-state index in [9.17, 15) is 4.79 Å². The number of aliphatic hydroxyl groups is 17. The van der Waals surface area contributed by atoms with Crippen LogP contribution in [-0.4, -0.2) is 199 Å². The maximum Gasteiger partial charge on any atom is 0.151 e. The Morgan fingerprint density at radius 2 is 0.528 bits per heavy atom. The van der Waals surface area contributed by atoms with Crippen molar-refractivity contribution >= 4 is 6.29 Å². The third-order valence-corrected chi connectivity index (χ3v) is 4.45. The molecule has 0 rings (SSSR count). The second-order valence-electron chi connectivity index (χ2n) is 7.32. The first-order valence-corrected chi connectivity index (χ1v) is 10.3. The number of carbonyl (C=O) groups is 1. The molecule has 220 valence electrons. The van der Waals surface area contributed by atoms with Gasteiger partial charge in [0.05, 0.1) is 33.0 Å². The Morgan fingerprint density at radius 3 is 0.667 bits per heavy atom. The Hall–Kier alpha value is -1.01. The molecule has 0 saturated carbocycles. The zero-order valence-electron chi connectivity index (χ0n) is 19.1. The second kappa shape index (κ2) is 22.0. The van der Waals surface area contributed by atoms with Gasteiger partial charge in [0.1, 0.15) is 73.2 Å². The highest BCUT2D eigenvalue weighted by Crippen LogP contribution is 2.05. The number of aliphatic hydroxyl groups excluding tert-OH is 17. The lowest BCUT2D eigenvalue weighted by atomic mass is 10.0. The summed E-state index contributed by atoms with van der Waals surface area (Å²) in [5.41, 5.74) is 0. The van der Waals surface area contributed by atoms with Gasteiger partial charge in [-0.3, -0.25) is 0 Å². The van der Waals surface area contributed by atoms with Gasteiger partial charge >= 0.3 is 0 Å². The van der Waals surface area contributed by atoms with Crippen molar-refractivity contribution in [2.45, 2.75) is 73.2 Å². The summed E-state index contributed by atoms with van der Waals surface area (Å²) in [6, 6.07) is 0. The number of carbonyl (C=O) groups excluding carboxylic acids is 1. The van der Waals surface area contributed by atoms with Crippen molar-refractivity contribution in [1.82, 2.24) is 0 Å². The van der Waals surface area contributed by atoms with Gasteiger partial charge in [0.15, 0.2) is 6.29 Å². The van der Waals surface area contributed by atoms with E-state index >= 15 is 0 Å². The average molecular weight is 545 g/mol.